The molecule has 1 atom stereocenters. The van der Waals surface area contributed by atoms with E-state index in [9.17, 15) is 14.7 Å². The quantitative estimate of drug-likeness (QED) is 0.853. The number of halogens is 1. The third kappa shape index (κ3) is 3.80. The van der Waals surface area contributed by atoms with Crippen LogP contribution in [0.15, 0.2) is 47.1 Å². The van der Waals surface area contributed by atoms with Crippen LogP contribution in [0.3, 0.4) is 0 Å². The van der Waals surface area contributed by atoms with E-state index in [1.54, 1.807) is 34.3 Å². The van der Waals surface area contributed by atoms with Crippen molar-refractivity contribution in [2.75, 3.05) is 19.6 Å². The second kappa shape index (κ2) is 7.60. The molecule has 7 heteroatoms. The van der Waals surface area contributed by atoms with Crippen LogP contribution in [0, 0.1) is 5.92 Å². The molecule has 2 fully saturated rings. The summed E-state index contributed by atoms with van der Waals surface area (Å²) < 4.78 is 5.30. The van der Waals surface area contributed by atoms with E-state index in [1.807, 2.05) is 18.2 Å². The number of carbonyl (C=O) groups is 2. The number of amides is 2. The molecule has 28 heavy (non-hydrogen) atoms. The first-order chi connectivity index (χ1) is 13.4. The van der Waals surface area contributed by atoms with Gasteiger partial charge in [0.15, 0.2) is 0 Å². The van der Waals surface area contributed by atoms with Crippen LogP contribution >= 0.6 is 11.6 Å². The van der Waals surface area contributed by atoms with Gasteiger partial charge >= 0.3 is 0 Å². The van der Waals surface area contributed by atoms with E-state index in [0.717, 1.165) is 5.56 Å². The van der Waals surface area contributed by atoms with E-state index < -0.39 is 5.60 Å². The molecule has 0 unspecified atom stereocenters. The van der Waals surface area contributed by atoms with Gasteiger partial charge in [-0.05, 0) is 42.7 Å². The summed E-state index contributed by atoms with van der Waals surface area (Å²) in [4.78, 5) is 28.6. The summed E-state index contributed by atoms with van der Waals surface area (Å²) in [5.74, 6) is 0.356. The van der Waals surface area contributed by atoms with Crippen LogP contribution in [-0.4, -0.2) is 46.4 Å². The highest BCUT2D eigenvalue weighted by atomic mass is 35.5. The summed E-state index contributed by atoms with van der Waals surface area (Å²) >= 11 is 5.93. The maximum Gasteiger partial charge on any atom is 0.227 e. The van der Waals surface area contributed by atoms with Gasteiger partial charge in [-0.3, -0.25) is 9.59 Å². The Morgan fingerprint density at radius 1 is 1.21 bits per heavy atom. The van der Waals surface area contributed by atoms with Gasteiger partial charge < -0.3 is 19.3 Å². The number of aliphatic hydroxyl groups is 1. The lowest BCUT2D eigenvalue weighted by Crippen LogP contribution is -2.47. The van der Waals surface area contributed by atoms with Crippen molar-refractivity contribution in [2.45, 2.75) is 31.4 Å². The Labute approximate surface area is 168 Å². The molecule has 0 radical (unpaired) electrons. The van der Waals surface area contributed by atoms with E-state index in [1.165, 1.54) is 0 Å². The monoisotopic (exact) mass is 402 g/mol. The minimum absolute atomic E-state index is 0.00606. The molecule has 148 valence electrons. The van der Waals surface area contributed by atoms with E-state index in [0.29, 0.717) is 49.8 Å². The first-order valence-electron chi connectivity index (χ1n) is 9.52. The van der Waals surface area contributed by atoms with Crippen molar-refractivity contribution in [3.63, 3.8) is 0 Å². The van der Waals surface area contributed by atoms with Gasteiger partial charge in [-0.15, -0.1) is 0 Å². The van der Waals surface area contributed by atoms with Gasteiger partial charge in [0.1, 0.15) is 5.76 Å². The summed E-state index contributed by atoms with van der Waals surface area (Å²) in [6.07, 6.45) is 2.75. The first kappa shape index (κ1) is 19.0. The fourth-order valence-electron chi connectivity index (χ4n) is 4.09. The number of nitrogens with zero attached hydrogens (tertiary/aromatic N) is 2. The molecule has 2 aliphatic rings. The molecule has 6 nitrogen and oxygen atoms in total. The zero-order valence-corrected chi connectivity index (χ0v) is 16.3. The number of benzene rings is 1. The van der Waals surface area contributed by atoms with Gasteiger partial charge in [-0.1, -0.05) is 23.7 Å². The molecule has 1 N–H and O–H groups in total. The van der Waals surface area contributed by atoms with E-state index in [-0.39, 0.29) is 24.2 Å². The predicted molar refractivity (Wildman–Crippen MR) is 103 cm³/mol. The summed E-state index contributed by atoms with van der Waals surface area (Å²) in [7, 11) is 0. The lowest BCUT2D eigenvalue weighted by atomic mass is 9.84. The summed E-state index contributed by atoms with van der Waals surface area (Å²) in [6, 6.07) is 10.8. The fourth-order valence-corrected chi connectivity index (χ4v) is 4.21. The van der Waals surface area contributed by atoms with Gasteiger partial charge in [0, 0.05) is 31.1 Å². The fraction of sp³-hybridized carbons (Fsp3) is 0.429. The second-order valence-electron chi connectivity index (χ2n) is 7.62. The molecule has 2 amide bonds. The standard InChI is InChI=1S/C21H23ClN2O4/c22-17-5-3-16(4-6-17)21(27)7-9-23(10-8-21)20(26)15-12-19(25)24(13-15)14-18-2-1-11-28-18/h1-6,11,15,27H,7-10,12-14H2/t15-/m0/s1. The van der Waals surface area contributed by atoms with Crippen molar-refractivity contribution in [1.29, 1.82) is 0 Å². The molecule has 0 aliphatic carbocycles. The molecule has 0 saturated carbocycles. The molecular weight excluding hydrogens is 380 g/mol. The number of carbonyl (C=O) groups excluding carboxylic acids is 2. The number of piperidine rings is 1. The molecule has 2 aromatic rings. The SMILES string of the molecule is O=C1C[C@H](C(=O)N2CCC(O)(c3ccc(Cl)cc3)CC2)CN1Cc1ccco1. The van der Waals surface area contributed by atoms with Crippen LogP contribution in [0.4, 0.5) is 0 Å². The number of rotatable bonds is 4. The highest BCUT2D eigenvalue weighted by Gasteiger charge is 2.40. The molecule has 0 spiro atoms. The Bertz CT molecular complexity index is 842. The normalized spacial score (nSPS) is 21.9. The first-order valence-corrected chi connectivity index (χ1v) is 9.90. The molecule has 0 bridgehead atoms. The van der Waals surface area contributed by atoms with Crippen molar-refractivity contribution in [2.24, 2.45) is 5.92 Å². The van der Waals surface area contributed by atoms with Gasteiger partial charge in [0.05, 0.1) is 24.3 Å². The molecule has 2 aliphatic heterocycles. The molecule has 3 heterocycles. The van der Waals surface area contributed by atoms with E-state index in [4.69, 9.17) is 16.0 Å². The van der Waals surface area contributed by atoms with E-state index >= 15 is 0 Å². The maximum absolute atomic E-state index is 12.9. The van der Waals surface area contributed by atoms with Gasteiger partial charge in [0.2, 0.25) is 11.8 Å². The number of likely N-dealkylation sites (tertiary alicyclic amines) is 2. The van der Waals surface area contributed by atoms with Gasteiger partial charge in [-0.2, -0.15) is 0 Å². The third-order valence-electron chi connectivity index (χ3n) is 5.77. The summed E-state index contributed by atoms with van der Waals surface area (Å²) in [6.45, 7) is 1.75. The topological polar surface area (TPSA) is 74.0 Å². The maximum atomic E-state index is 12.9. The lowest BCUT2D eigenvalue weighted by molar-refractivity contribution is -0.140. The highest BCUT2D eigenvalue weighted by molar-refractivity contribution is 6.30. The van der Waals surface area contributed by atoms with E-state index in [2.05, 4.69) is 0 Å². The summed E-state index contributed by atoms with van der Waals surface area (Å²) in [5.41, 5.74) is -0.122. The van der Waals surface area contributed by atoms with Crippen molar-refractivity contribution >= 4 is 23.4 Å². The molecule has 2 saturated heterocycles. The van der Waals surface area contributed by atoms with Gasteiger partial charge in [0.25, 0.3) is 0 Å². The highest BCUT2D eigenvalue weighted by Crippen LogP contribution is 2.34. The Balaban J connectivity index is 1.35. The molecule has 4 rings (SSSR count). The average Bonchev–Trinajstić information content (AvgIpc) is 3.33. The van der Waals surface area contributed by atoms with Crippen LogP contribution < -0.4 is 0 Å². The Kier molecular flexibility index (Phi) is 5.17. The largest absolute Gasteiger partial charge is 0.467 e. The Morgan fingerprint density at radius 3 is 2.57 bits per heavy atom. The zero-order valence-electron chi connectivity index (χ0n) is 15.5. The zero-order chi connectivity index (χ0) is 19.7. The van der Waals surface area contributed by atoms with Crippen molar-refractivity contribution < 1.29 is 19.1 Å². The van der Waals surface area contributed by atoms with Crippen LogP contribution in [-0.2, 0) is 21.7 Å². The van der Waals surface area contributed by atoms with Crippen molar-refractivity contribution in [3.8, 4) is 0 Å². The summed E-state index contributed by atoms with van der Waals surface area (Å²) in [5, 5.41) is 11.6. The molecule has 1 aromatic carbocycles. The van der Waals surface area contributed by atoms with Crippen molar-refractivity contribution in [3.05, 3.63) is 59.0 Å². The third-order valence-corrected chi connectivity index (χ3v) is 6.03. The molecule has 1 aromatic heterocycles. The Hall–Kier alpha value is -2.31. The van der Waals surface area contributed by atoms with Crippen LogP contribution in [0.25, 0.3) is 0 Å². The van der Waals surface area contributed by atoms with Crippen LogP contribution in [0.1, 0.15) is 30.6 Å². The van der Waals surface area contributed by atoms with Crippen LogP contribution in [0.2, 0.25) is 5.02 Å². The molecular formula is C21H23ClN2O4. The average molecular weight is 403 g/mol. The Morgan fingerprint density at radius 2 is 1.93 bits per heavy atom. The number of hydrogen-bond donors (Lipinski definition) is 1. The number of furan rings is 1. The van der Waals surface area contributed by atoms with Crippen molar-refractivity contribution in [1.82, 2.24) is 9.80 Å². The van der Waals surface area contributed by atoms with Gasteiger partial charge in [-0.25, -0.2) is 0 Å². The second-order valence-corrected chi connectivity index (χ2v) is 8.05. The minimum atomic E-state index is -0.946. The number of hydrogen-bond acceptors (Lipinski definition) is 4. The minimum Gasteiger partial charge on any atom is -0.467 e. The van der Waals surface area contributed by atoms with Crippen LogP contribution in [0.5, 0.6) is 0 Å². The predicted octanol–water partition coefficient (Wildman–Crippen LogP) is 2.79. The smallest absolute Gasteiger partial charge is 0.227 e. The lowest BCUT2D eigenvalue weighted by Gasteiger charge is -2.39.